The van der Waals surface area contributed by atoms with Gasteiger partial charge in [0.25, 0.3) is 0 Å². The molecule has 1 unspecified atom stereocenters. The van der Waals surface area contributed by atoms with Gasteiger partial charge < -0.3 is 9.73 Å². The van der Waals surface area contributed by atoms with Gasteiger partial charge in [-0.15, -0.1) is 0 Å². The summed E-state index contributed by atoms with van der Waals surface area (Å²) in [5.74, 6) is 0.988. The molecule has 0 aliphatic carbocycles. The summed E-state index contributed by atoms with van der Waals surface area (Å²) in [6.45, 7) is 5.07. The molecule has 1 N–H and O–H groups in total. The quantitative estimate of drug-likeness (QED) is 0.712. The lowest BCUT2D eigenvalue weighted by Gasteiger charge is -2.16. The molecular formula is C19H21NO. The molecule has 0 fully saturated rings. The van der Waals surface area contributed by atoms with Gasteiger partial charge in [0, 0.05) is 11.4 Å². The molecule has 3 rings (SSSR count). The highest BCUT2D eigenvalue weighted by molar-refractivity contribution is 5.77. The Labute approximate surface area is 125 Å². The minimum Gasteiger partial charge on any atom is -0.460 e. The van der Waals surface area contributed by atoms with Crippen molar-refractivity contribution in [2.45, 2.75) is 32.9 Å². The van der Waals surface area contributed by atoms with Crippen molar-refractivity contribution in [2.24, 2.45) is 0 Å². The highest BCUT2D eigenvalue weighted by Crippen LogP contribution is 2.21. The van der Waals surface area contributed by atoms with Crippen LogP contribution in [0.15, 0.2) is 59.0 Å². The third-order valence-corrected chi connectivity index (χ3v) is 3.89. The lowest BCUT2D eigenvalue weighted by Crippen LogP contribution is -2.19. The van der Waals surface area contributed by atoms with Crippen molar-refractivity contribution >= 4 is 11.0 Å². The van der Waals surface area contributed by atoms with Crippen LogP contribution in [-0.4, -0.2) is 0 Å². The zero-order chi connectivity index (χ0) is 14.7. The smallest absolute Gasteiger partial charge is 0.134 e. The van der Waals surface area contributed by atoms with E-state index in [1.807, 2.05) is 18.2 Å². The van der Waals surface area contributed by atoms with E-state index in [0.717, 1.165) is 29.7 Å². The molecule has 2 aromatic carbocycles. The Morgan fingerprint density at radius 2 is 1.81 bits per heavy atom. The number of furan rings is 1. The van der Waals surface area contributed by atoms with Gasteiger partial charge in [-0.25, -0.2) is 0 Å². The molecule has 0 radical (unpaired) electrons. The van der Waals surface area contributed by atoms with Crippen LogP contribution in [0.1, 0.15) is 36.3 Å². The molecule has 3 aromatic rings. The lowest BCUT2D eigenvalue weighted by atomic mass is 10.0. The van der Waals surface area contributed by atoms with E-state index < -0.39 is 0 Å². The van der Waals surface area contributed by atoms with Crippen LogP contribution < -0.4 is 5.32 Å². The minimum absolute atomic E-state index is 0.360. The zero-order valence-corrected chi connectivity index (χ0v) is 12.6. The van der Waals surface area contributed by atoms with Crippen LogP contribution in [0.4, 0.5) is 0 Å². The molecule has 108 valence electrons. The molecule has 0 aliphatic rings. The third-order valence-electron chi connectivity index (χ3n) is 3.89. The number of nitrogens with one attached hydrogen (secondary N) is 1. The summed E-state index contributed by atoms with van der Waals surface area (Å²) in [4.78, 5) is 0. The van der Waals surface area contributed by atoms with E-state index in [9.17, 15) is 0 Å². The second-order valence-electron chi connectivity index (χ2n) is 5.50. The SMILES string of the molecule is CCC(NCc1cc2ccccc2o1)c1ccc(C)cc1. The molecule has 0 aliphatic heterocycles. The van der Waals surface area contributed by atoms with Crippen molar-refractivity contribution < 1.29 is 4.42 Å². The minimum atomic E-state index is 0.360. The molecular weight excluding hydrogens is 258 g/mol. The van der Waals surface area contributed by atoms with Crippen LogP contribution in [0.25, 0.3) is 11.0 Å². The van der Waals surface area contributed by atoms with E-state index >= 15 is 0 Å². The number of hydrogen-bond donors (Lipinski definition) is 1. The van der Waals surface area contributed by atoms with Gasteiger partial charge in [0.2, 0.25) is 0 Å². The Balaban J connectivity index is 1.71. The number of hydrogen-bond acceptors (Lipinski definition) is 2. The molecule has 0 bridgehead atoms. The maximum Gasteiger partial charge on any atom is 0.134 e. The van der Waals surface area contributed by atoms with E-state index in [2.05, 4.69) is 55.6 Å². The largest absolute Gasteiger partial charge is 0.460 e. The Morgan fingerprint density at radius 3 is 2.52 bits per heavy atom. The summed E-state index contributed by atoms with van der Waals surface area (Å²) < 4.78 is 5.86. The topological polar surface area (TPSA) is 25.2 Å². The second-order valence-corrected chi connectivity index (χ2v) is 5.50. The summed E-state index contributed by atoms with van der Waals surface area (Å²) >= 11 is 0. The molecule has 21 heavy (non-hydrogen) atoms. The number of aryl methyl sites for hydroxylation is 1. The molecule has 0 saturated carbocycles. The normalized spacial score (nSPS) is 12.7. The second kappa shape index (κ2) is 6.15. The Morgan fingerprint density at radius 1 is 1.05 bits per heavy atom. The van der Waals surface area contributed by atoms with Crippen LogP contribution in [0.3, 0.4) is 0 Å². The monoisotopic (exact) mass is 279 g/mol. The number of rotatable bonds is 5. The van der Waals surface area contributed by atoms with E-state index in [0.29, 0.717) is 6.04 Å². The van der Waals surface area contributed by atoms with Crippen molar-refractivity contribution in [1.29, 1.82) is 0 Å². The van der Waals surface area contributed by atoms with Crippen LogP contribution in [0.2, 0.25) is 0 Å². The molecule has 1 heterocycles. The fourth-order valence-corrected chi connectivity index (χ4v) is 2.64. The molecule has 2 heteroatoms. The van der Waals surface area contributed by atoms with Crippen molar-refractivity contribution in [3.8, 4) is 0 Å². The van der Waals surface area contributed by atoms with Crippen molar-refractivity contribution in [2.75, 3.05) is 0 Å². The lowest BCUT2D eigenvalue weighted by molar-refractivity contribution is 0.459. The van der Waals surface area contributed by atoms with Gasteiger partial charge in [-0.1, -0.05) is 55.0 Å². The fraction of sp³-hybridized carbons (Fsp3) is 0.263. The number of para-hydroxylation sites is 1. The highest BCUT2D eigenvalue weighted by Gasteiger charge is 2.10. The third kappa shape index (κ3) is 3.17. The van der Waals surface area contributed by atoms with Gasteiger partial charge in [-0.2, -0.15) is 0 Å². The van der Waals surface area contributed by atoms with E-state index in [4.69, 9.17) is 4.42 Å². The number of fused-ring (bicyclic) bond motifs is 1. The van der Waals surface area contributed by atoms with Crippen LogP contribution in [0, 0.1) is 6.92 Å². The first-order chi connectivity index (χ1) is 10.3. The van der Waals surface area contributed by atoms with Gasteiger partial charge in [0.1, 0.15) is 11.3 Å². The van der Waals surface area contributed by atoms with E-state index in [1.165, 1.54) is 11.1 Å². The standard InChI is InChI=1S/C19H21NO/c1-3-18(15-10-8-14(2)9-11-15)20-13-17-12-16-6-4-5-7-19(16)21-17/h4-12,18,20H,3,13H2,1-2H3. The van der Waals surface area contributed by atoms with Gasteiger partial charge in [-0.05, 0) is 31.0 Å². The van der Waals surface area contributed by atoms with Crippen LogP contribution in [-0.2, 0) is 6.54 Å². The predicted octanol–water partition coefficient (Wildman–Crippen LogP) is 4.98. The van der Waals surface area contributed by atoms with Gasteiger partial charge in [-0.3, -0.25) is 0 Å². The number of benzene rings is 2. The molecule has 1 atom stereocenters. The molecule has 1 aromatic heterocycles. The summed E-state index contributed by atoms with van der Waals surface area (Å²) in [5, 5.41) is 4.75. The molecule has 0 amide bonds. The first-order valence-corrected chi connectivity index (χ1v) is 7.53. The summed E-state index contributed by atoms with van der Waals surface area (Å²) in [6.07, 6.45) is 1.06. The summed E-state index contributed by atoms with van der Waals surface area (Å²) in [5.41, 5.74) is 3.59. The first-order valence-electron chi connectivity index (χ1n) is 7.53. The fourth-order valence-electron chi connectivity index (χ4n) is 2.64. The molecule has 2 nitrogen and oxygen atoms in total. The van der Waals surface area contributed by atoms with Gasteiger partial charge >= 0.3 is 0 Å². The summed E-state index contributed by atoms with van der Waals surface area (Å²) in [6, 6.07) is 19.4. The Kier molecular flexibility index (Phi) is 4.07. The summed E-state index contributed by atoms with van der Waals surface area (Å²) in [7, 11) is 0. The molecule has 0 spiro atoms. The Bertz CT molecular complexity index is 679. The van der Waals surface area contributed by atoms with Crippen LogP contribution >= 0.6 is 0 Å². The predicted molar refractivity (Wildman–Crippen MR) is 87.3 cm³/mol. The maximum absolute atomic E-state index is 5.86. The van der Waals surface area contributed by atoms with Crippen molar-refractivity contribution in [1.82, 2.24) is 5.32 Å². The van der Waals surface area contributed by atoms with Crippen molar-refractivity contribution in [3.63, 3.8) is 0 Å². The van der Waals surface area contributed by atoms with Gasteiger partial charge in [0.15, 0.2) is 0 Å². The maximum atomic E-state index is 5.86. The van der Waals surface area contributed by atoms with Crippen molar-refractivity contribution in [3.05, 3.63) is 71.5 Å². The average molecular weight is 279 g/mol. The van der Waals surface area contributed by atoms with E-state index in [-0.39, 0.29) is 0 Å². The average Bonchev–Trinajstić information content (AvgIpc) is 2.92. The van der Waals surface area contributed by atoms with Gasteiger partial charge in [0.05, 0.1) is 6.54 Å². The zero-order valence-electron chi connectivity index (χ0n) is 12.6. The highest BCUT2D eigenvalue weighted by atomic mass is 16.3. The molecule has 0 saturated heterocycles. The Hall–Kier alpha value is -2.06. The first kappa shape index (κ1) is 13.9. The van der Waals surface area contributed by atoms with E-state index in [1.54, 1.807) is 0 Å². The van der Waals surface area contributed by atoms with Crippen LogP contribution in [0.5, 0.6) is 0 Å².